The number of nitrogens with zero attached hydrogens (tertiary/aromatic N) is 1. The molecule has 1 atom stereocenters. The third-order valence-electron chi connectivity index (χ3n) is 5.08. The smallest absolute Gasteiger partial charge is 0.349 e. The van der Waals surface area contributed by atoms with E-state index in [1.807, 2.05) is 19.9 Å². The molecule has 0 fully saturated rings. The second kappa shape index (κ2) is 9.16. The molecule has 0 aliphatic rings. The molecule has 0 radical (unpaired) electrons. The normalized spacial score (nSPS) is 12.5. The van der Waals surface area contributed by atoms with Gasteiger partial charge >= 0.3 is 6.18 Å². The fraction of sp³-hybridized carbons (Fsp3) is 0.409. The minimum atomic E-state index is -4.46. The van der Waals surface area contributed by atoms with E-state index in [2.05, 4.69) is 10.3 Å². The summed E-state index contributed by atoms with van der Waals surface area (Å²) in [7, 11) is 0. The van der Waals surface area contributed by atoms with Crippen LogP contribution in [0.2, 0.25) is 0 Å². The lowest BCUT2D eigenvalue weighted by Crippen LogP contribution is -2.32. The molecule has 5 nitrogen and oxygen atoms in total. The number of benzene rings is 1. The maximum absolute atomic E-state index is 13.0. The first-order chi connectivity index (χ1) is 14.0. The van der Waals surface area contributed by atoms with E-state index in [0.29, 0.717) is 28.8 Å². The molecular formula is C22H24F3N3O2. The van der Waals surface area contributed by atoms with Crippen LogP contribution in [0.4, 0.5) is 13.2 Å². The summed E-state index contributed by atoms with van der Waals surface area (Å²) >= 11 is 0. The van der Waals surface area contributed by atoms with Gasteiger partial charge in [0.05, 0.1) is 11.6 Å². The number of H-pyrrole nitrogens is 1. The van der Waals surface area contributed by atoms with Gasteiger partial charge in [0, 0.05) is 12.1 Å². The molecule has 1 aromatic carbocycles. The van der Waals surface area contributed by atoms with Crippen LogP contribution in [0.1, 0.15) is 59.8 Å². The summed E-state index contributed by atoms with van der Waals surface area (Å²) in [6, 6.07) is 6.24. The van der Waals surface area contributed by atoms with Crippen LogP contribution in [-0.4, -0.2) is 10.9 Å². The van der Waals surface area contributed by atoms with Crippen LogP contribution in [0.5, 0.6) is 0 Å². The van der Waals surface area contributed by atoms with Crippen molar-refractivity contribution in [2.75, 3.05) is 0 Å². The number of nitrogens with one attached hydrogen (secondary N) is 2. The number of nitriles is 1. The second-order valence-corrected chi connectivity index (χ2v) is 7.58. The standard InChI is InChI=1S/C22H24F3N3O2/c1-12(2)20(15-6-5-7-16(10-15)22(23,24)25)28-19(29)9-8-17-13(3)18(11-26)21(30)27-14(17)4/h5-7,10,12,20H,8-9H2,1-4H3,(H,27,30)(H,28,29). The molecule has 0 saturated carbocycles. The van der Waals surface area contributed by atoms with Crippen LogP contribution in [0.3, 0.4) is 0 Å². The number of aryl methyl sites for hydroxylation is 1. The van der Waals surface area contributed by atoms with Crippen LogP contribution >= 0.6 is 0 Å². The number of aromatic amines is 1. The van der Waals surface area contributed by atoms with E-state index in [4.69, 9.17) is 5.26 Å². The molecule has 0 bridgehead atoms. The van der Waals surface area contributed by atoms with Crippen molar-refractivity contribution < 1.29 is 18.0 Å². The van der Waals surface area contributed by atoms with E-state index in [1.165, 1.54) is 6.07 Å². The average molecular weight is 419 g/mol. The van der Waals surface area contributed by atoms with E-state index in [-0.39, 0.29) is 23.8 Å². The van der Waals surface area contributed by atoms with E-state index < -0.39 is 23.3 Å². The molecule has 2 rings (SSSR count). The number of amides is 1. The predicted octanol–water partition coefficient (Wildman–Crippen LogP) is 4.33. The van der Waals surface area contributed by atoms with Gasteiger partial charge in [0.1, 0.15) is 11.6 Å². The zero-order chi connectivity index (χ0) is 22.6. The molecule has 160 valence electrons. The first-order valence-electron chi connectivity index (χ1n) is 9.54. The van der Waals surface area contributed by atoms with Gasteiger partial charge in [-0.05, 0) is 55.0 Å². The predicted molar refractivity (Wildman–Crippen MR) is 107 cm³/mol. The maximum atomic E-state index is 13.0. The number of hydrogen-bond donors (Lipinski definition) is 2. The number of halogens is 3. The Morgan fingerprint density at radius 2 is 1.93 bits per heavy atom. The van der Waals surface area contributed by atoms with Crippen molar-refractivity contribution in [3.63, 3.8) is 0 Å². The second-order valence-electron chi connectivity index (χ2n) is 7.58. The molecule has 2 N–H and O–H groups in total. The molecule has 8 heteroatoms. The van der Waals surface area contributed by atoms with Gasteiger partial charge in [-0.3, -0.25) is 9.59 Å². The summed E-state index contributed by atoms with van der Waals surface area (Å²) in [5.74, 6) is -0.450. The SMILES string of the molecule is Cc1[nH]c(=O)c(C#N)c(C)c1CCC(=O)NC(c1cccc(C(F)(F)F)c1)C(C)C. The molecule has 1 aromatic heterocycles. The Kier molecular flexibility index (Phi) is 7.08. The number of rotatable bonds is 6. The van der Waals surface area contributed by atoms with Gasteiger partial charge in [0.2, 0.25) is 5.91 Å². The monoisotopic (exact) mass is 419 g/mol. The molecule has 2 aromatic rings. The summed E-state index contributed by atoms with van der Waals surface area (Å²) in [6.45, 7) is 7.00. The molecule has 0 saturated heterocycles. The quantitative estimate of drug-likeness (QED) is 0.731. The highest BCUT2D eigenvalue weighted by Gasteiger charge is 2.31. The van der Waals surface area contributed by atoms with Crippen molar-refractivity contribution in [2.24, 2.45) is 5.92 Å². The first kappa shape index (κ1) is 23.2. The number of aromatic nitrogens is 1. The molecule has 1 amide bonds. The van der Waals surface area contributed by atoms with Crippen LogP contribution < -0.4 is 10.9 Å². The Balaban J connectivity index is 2.19. The fourth-order valence-corrected chi connectivity index (χ4v) is 3.45. The number of hydrogen-bond acceptors (Lipinski definition) is 3. The van der Waals surface area contributed by atoms with Gasteiger partial charge in [-0.2, -0.15) is 18.4 Å². The van der Waals surface area contributed by atoms with Crippen LogP contribution in [0.15, 0.2) is 29.1 Å². The van der Waals surface area contributed by atoms with E-state index in [1.54, 1.807) is 19.9 Å². The average Bonchev–Trinajstić information content (AvgIpc) is 2.65. The zero-order valence-corrected chi connectivity index (χ0v) is 17.3. The van der Waals surface area contributed by atoms with Crippen molar-refractivity contribution in [3.05, 3.63) is 68.1 Å². The van der Waals surface area contributed by atoms with Crippen molar-refractivity contribution in [1.29, 1.82) is 5.26 Å². The molecule has 0 aliphatic heterocycles. The van der Waals surface area contributed by atoms with Gasteiger partial charge in [0.15, 0.2) is 0 Å². The zero-order valence-electron chi connectivity index (χ0n) is 17.3. The topological polar surface area (TPSA) is 85.8 Å². The lowest BCUT2D eigenvalue weighted by atomic mass is 9.94. The third kappa shape index (κ3) is 5.29. The van der Waals surface area contributed by atoms with Crippen LogP contribution in [-0.2, 0) is 17.4 Å². The maximum Gasteiger partial charge on any atom is 0.416 e. The third-order valence-corrected chi connectivity index (χ3v) is 5.08. The lowest BCUT2D eigenvalue weighted by molar-refractivity contribution is -0.137. The Bertz CT molecular complexity index is 1030. The number of carbonyl (C=O) groups excluding carboxylic acids is 1. The summed E-state index contributed by atoms with van der Waals surface area (Å²) < 4.78 is 39.1. The fourth-order valence-electron chi connectivity index (χ4n) is 3.45. The highest BCUT2D eigenvalue weighted by molar-refractivity contribution is 5.77. The highest BCUT2D eigenvalue weighted by atomic mass is 19.4. The van der Waals surface area contributed by atoms with Gasteiger partial charge < -0.3 is 10.3 Å². The Labute approximate surface area is 172 Å². The Hall–Kier alpha value is -3.08. The molecule has 30 heavy (non-hydrogen) atoms. The van der Waals surface area contributed by atoms with Crippen molar-refractivity contribution in [3.8, 4) is 6.07 Å². The van der Waals surface area contributed by atoms with E-state index in [9.17, 15) is 22.8 Å². The molecule has 1 heterocycles. The van der Waals surface area contributed by atoms with E-state index >= 15 is 0 Å². The van der Waals surface area contributed by atoms with Crippen molar-refractivity contribution >= 4 is 5.91 Å². The van der Waals surface area contributed by atoms with Gasteiger partial charge in [-0.1, -0.05) is 26.0 Å². The Morgan fingerprint density at radius 3 is 2.50 bits per heavy atom. The van der Waals surface area contributed by atoms with Crippen molar-refractivity contribution in [1.82, 2.24) is 10.3 Å². The number of alkyl halides is 3. The minimum Gasteiger partial charge on any atom is -0.349 e. The lowest BCUT2D eigenvalue weighted by Gasteiger charge is -2.24. The summed E-state index contributed by atoms with van der Waals surface area (Å²) in [5.41, 5.74) is 0.999. The summed E-state index contributed by atoms with van der Waals surface area (Å²) in [5, 5.41) is 12.0. The van der Waals surface area contributed by atoms with E-state index in [0.717, 1.165) is 12.1 Å². The van der Waals surface area contributed by atoms with Crippen molar-refractivity contribution in [2.45, 2.75) is 52.8 Å². The molecule has 0 spiro atoms. The number of pyridine rings is 1. The Morgan fingerprint density at radius 1 is 1.27 bits per heavy atom. The molecular weight excluding hydrogens is 395 g/mol. The van der Waals surface area contributed by atoms with Gasteiger partial charge in [-0.15, -0.1) is 0 Å². The summed E-state index contributed by atoms with van der Waals surface area (Å²) in [6.07, 6.45) is -4.09. The summed E-state index contributed by atoms with van der Waals surface area (Å²) in [4.78, 5) is 27.0. The minimum absolute atomic E-state index is 0.0139. The highest BCUT2D eigenvalue weighted by Crippen LogP contribution is 2.32. The van der Waals surface area contributed by atoms with Crippen LogP contribution in [0.25, 0.3) is 0 Å². The first-order valence-corrected chi connectivity index (χ1v) is 9.54. The van der Waals surface area contributed by atoms with Gasteiger partial charge in [0.25, 0.3) is 5.56 Å². The largest absolute Gasteiger partial charge is 0.416 e. The molecule has 0 aliphatic carbocycles. The van der Waals surface area contributed by atoms with Crippen LogP contribution in [0, 0.1) is 31.1 Å². The number of carbonyl (C=O) groups is 1. The van der Waals surface area contributed by atoms with Gasteiger partial charge in [-0.25, -0.2) is 0 Å². The molecule has 1 unspecified atom stereocenters.